The Morgan fingerprint density at radius 2 is 1.09 bits per heavy atom. The molecule has 0 spiro atoms. The van der Waals surface area contributed by atoms with Gasteiger partial charge in [0.05, 0.1) is 0 Å². The zero-order valence-electron chi connectivity index (χ0n) is 9.28. The van der Waals surface area contributed by atoms with Crippen LogP contribution in [0.2, 0.25) is 16.6 Å². The molecule has 0 N–H and O–H groups in total. The van der Waals surface area contributed by atoms with Gasteiger partial charge < -0.3 is 0 Å². The van der Waals surface area contributed by atoms with Crippen LogP contribution >= 0.6 is 0 Å². The summed E-state index contributed by atoms with van der Waals surface area (Å²) in [6.07, 6.45) is 0. The normalized spacial score (nSPS) is 15.3. The Morgan fingerprint density at radius 1 is 0.818 bits per heavy atom. The summed E-state index contributed by atoms with van der Waals surface area (Å²) >= 11 is 0. The van der Waals surface area contributed by atoms with Crippen molar-refractivity contribution in [3.63, 3.8) is 0 Å². The van der Waals surface area contributed by atoms with Gasteiger partial charge in [0.1, 0.15) is 0 Å². The molecule has 2 heteroatoms. The first kappa shape index (κ1) is 11.4. The molecule has 0 aliphatic carbocycles. The van der Waals surface area contributed by atoms with Crippen LogP contribution in [0.5, 0.6) is 0 Å². The summed E-state index contributed by atoms with van der Waals surface area (Å²) < 4.78 is 0. The fourth-order valence-corrected chi connectivity index (χ4v) is 14.9. The van der Waals surface area contributed by atoms with Crippen LogP contribution in [-0.4, -0.2) is 17.4 Å². The predicted molar refractivity (Wildman–Crippen MR) is 61.0 cm³/mol. The fourth-order valence-electron chi connectivity index (χ4n) is 2.52. The molecule has 0 heterocycles. The molecule has 0 nitrogen and oxygen atoms in total. The van der Waals surface area contributed by atoms with Crippen molar-refractivity contribution in [1.82, 2.24) is 0 Å². The Balaban J connectivity index is 4.43. The predicted octanol–water partition coefficient (Wildman–Crippen LogP) is 2.53. The van der Waals surface area contributed by atoms with Gasteiger partial charge in [-0.25, -0.2) is 0 Å². The van der Waals surface area contributed by atoms with Crippen molar-refractivity contribution in [2.45, 2.75) is 58.2 Å². The third-order valence-electron chi connectivity index (χ3n) is 2.50. The largest absolute Gasteiger partial charge is 0.0768 e. The average molecular weight is 188 g/mol. The van der Waals surface area contributed by atoms with Gasteiger partial charge in [0.25, 0.3) is 0 Å². The van der Waals surface area contributed by atoms with Crippen molar-refractivity contribution in [2.75, 3.05) is 0 Å². The Kier molecular flexibility index (Phi) is 3.57. The highest BCUT2D eigenvalue weighted by atomic mass is 29.2. The quantitative estimate of drug-likeness (QED) is 0.555. The Labute approximate surface area is 76.0 Å². The van der Waals surface area contributed by atoms with E-state index in [0.717, 1.165) is 0 Å². The lowest BCUT2D eigenvalue weighted by Gasteiger charge is -2.38. The summed E-state index contributed by atoms with van der Waals surface area (Å²) in [5.41, 5.74) is 0. The maximum absolute atomic E-state index is 2.49. The van der Waals surface area contributed by atoms with Crippen molar-refractivity contribution in [2.24, 2.45) is 0 Å². The second-order valence-corrected chi connectivity index (χ2v) is 16.0. The fraction of sp³-hybridized carbons (Fsp3) is 1.00. The van der Waals surface area contributed by atoms with Crippen LogP contribution < -0.4 is 0 Å². The highest BCUT2D eigenvalue weighted by Crippen LogP contribution is 2.40. The molecule has 0 radical (unpaired) electrons. The molecule has 0 unspecified atom stereocenters. The van der Waals surface area contributed by atoms with Gasteiger partial charge in [0.2, 0.25) is 0 Å². The van der Waals surface area contributed by atoms with Gasteiger partial charge in [-0.05, 0) is 10.1 Å². The third kappa shape index (κ3) is 3.56. The van der Waals surface area contributed by atoms with E-state index in [1.54, 1.807) is 0 Å². The second-order valence-electron chi connectivity index (χ2n) is 5.69. The van der Waals surface area contributed by atoms with Crippen LogP contribution in [0.15, 0.2) is 0 Å². The van der Waals surface area contributed by atoms with Crippen molar-refractivity contribution in [1.29, 1.82) is 0 Å². The number of rotatable bonds is 1. The minimum atomic E-state index is -0.451. The number of hydrogen-bond donors (Lipinski definition) is 0. The van der Waals surface area contributed by atoms with Gasteiger partial charge >= 0.3 is 0 Å². The smallest absolute Gasteiger partial charge is 0.0355 e. The third-order valence-corrected chi connectivity index (χ3v) is 17.3. The minimum absolute atomic E-state index is 0.258. The molecule has 0 aromatic rings. The summed E-state index contributed by atoms with van der Waals surface area (Å²) in [7, 11) is -0.192. The maximum Gasteiger partial charge on any atom is 0.0355 e. The van der Waals surface area contributed by atoms with Crippen LogP contribution in [-0.2, 0) is 0 Å². The highest BCUT2D eigenvalue weighted by Gasteiger charge is 2.34. The molecule has 11 heavy (non-hydrogen) atoms. The van der Waals surface area contributed by atoms with Crippen molar-refractivity contribution >= 4 is 17.4 Å². The molecule has 0 atom stereocenters. The van der Waals surface area contributed by atoms with Gasteiger partial charge in [0.15, 0.2) is 0 Å². The van der Waals surface area contributed by atoms with E-state index in [2.05, 4.69) is 48.1 Å². The molecule has 68 valence electrons. The molecule has 0 fully saturated rings. The van der Waals surface area contributed by atoms with Crippen LogP contribution in [0.1, 0.15) is 41.5 Å². The SMILES string of the molecule is C[SiH2][SiH](C(C)(C)C)C(C)(C)C. The van der Waals surface area contributed by atoms with Gasteiger partial charge in [-0.2, -0.15) is 0 Å². The molecular formula is C9H24Si2. The molecule has 0 aromatic carbocycles. The van der Waals surface area contributed by atoms with E-state index >= 15 is 0 Å². The van der Waals surface area contributed by atoms with E-state index < -0.39 is 8.31 Å². The van der Waals surface area contributed by atoms with Crippen LogP contribution in [0.4, 0.5) is 0 Å². The summed E-state index contributed by atoms with van der Waals surface area (Å²) in [6, 6.07) is 0. The molecule has 0 saturated heterocycles. The summed E-state index contributed by atoms with van der Waals surface area (Å²) in [5.74, 6) is 0. The van der Waals surface area contributed by atoms with E-state index in [4.69, 9.17) is 0 Å². The molecule has 0 aliphatic heterocycles. The lowest BCUT2D eigenvalue weighted by Crippen LogP contribution is -2.39. The van der Waals surface area contributed by atoms with Crippen molar-refractivity contribution in [3.8, 4) is 0 Å². The van der Waals surface area contributed by atoms with Gasteiger partial charge in [0, 0.05) is 17.4 Å². The van der Waals surface area contributed by atoms with E-state index in [0.29, 0.717) is 10.1 Å². The van der Waals surface area contributed by atoms with Crippen molar-refractivity contribution in [3.05, 3.63) is 0 Å². The zero-order chi connectivity index (χ0) is 9.28. The lowest BCUT2D eigenvalue weighted by molar-refractivity contribution is 0.659. The van der Waals surface area contributed by atoms with Crippen molar-refractivity contribution < 1.29 is 0 Å². The molecule has 0 saturated carbocycles. The minimum Gasteiger partial charge on any atom is -0.0768 e. The zero-order valence-corrected chi connectivity index (χ0v) is 11.9. The molecule has 0 rings (SSSR count). The molecule has 0 aliphatic rings. The monoisotopic (exact) mass is 188 g/mol. The summed E-state index contributed by atoms with van der Waals surface area (Å²) in [4.78, 5) is 0. The highest BCUT2D eigenvalue weighted by molar-refractivity contribution is 7.14. The Bertz CT molecular complexity index is 103. The first-order chi connectivity index (χ1) is 4.69. The van der Waals surface area contributed by atoms with Gasteiger partial charge in [-0.1, -0.05) is 48.1 Å². The van der Waals surface area contributed by atoms with Crippen LogP contribution in [0.3, 0.4) is 0 Å². The Hall–Kier alpha value is 0.434. The number of hydrogen-bond acceptors (Lipinski definition) is 0. The first-order valence-corrected chi connectivity index (χ1v) is 10.5. The maximum atomic E-state index is 2.49. The standard InChI is InChI=1S/C9H24Si2/c1-8(2,3)11(10-7)9(4,5)6/h11H,10H2,1-7H3. The average Bonchev–Trinajstić information content (AvgIpc) is 1.56. The van der Waals surface area contributed by atoms with E-state index in [1.165, 1.54) is 0 Å². The molecular weight excluding hydrogens is 164 g/mol. The Morgan fingerprint density at radius 3 is 1.09 bits per heavy atom. The van der Waals surface area contributed by atoms with Gasteiger partial charge in [-0.3, -0.25) is 0 Å². The van der Waals surface area contributed by atoms with E-state index in [9.17, 15) is 0 Å². The summed E-state index contributed by atoms with van der Waals surface area (Å²) in [6.45, 7) is 17.1. The first-order valence-electron chi connectivity index (χ1n) is 4.69. The lowest BCUT2D eigenvalue weighted by atomic mass is 10.2. The van der Waals surface area contributed by atoms with E-state index in [-0.39, 0.29) is 9.04 Å². The molecule has 0 amide bonds. The molecule has 0 bridgehead atoms. The van der Waals surface area contributed by atoms with Crippen LogP contribution in [0.25, 0.3) is 0 Å². The van der Waals surface area contributed by atoms with Gasteiger partial charge in [-0.15, -0.1) is 0 Å². The topological polar surface area (TPSA) is 0 Å². The molecule has 0 aromatic heterocycles. The second kappa shape index (κ2) is 3.44. The summed E-state index contributed by atoms with van der Waals surface area (Å²) in [5, 5.41) is 1.30. The van der Waals surface area contributed by atoms with Crippen LogP contribution in [0, 0.1) is 0 Å². The van der Waals surface area contributed by atoms with E-state index in [1.807, 2.05) is 0 Å².